The van der Waals surface area contributed by atoms with E-state index in [0.29, 0.717) is 34.8 Å². The molecule has 5 heteroatoms. The Bertz CT molecular complexity index is 495. The Kier molecular flexibility index (Phi) is 6.72. The molecule has 1 aliphatic rings. The summed E-state index contributed by atoms with van der Waals surface area (Å²) >= 11 is 13.8. The smallest absolute Gasteiger partial charge is 0.252 e. The highest BCUT2D eigenvalue weighted by atomic mass is 35.5. The number of alkyl halides is 1. The summed E-state index contributed by atoms with van der Waals surface area (Å²) in [5.74, 6) is 1.61. The zero-order chi connectivity index (χ0) is 15.2. The number of hydrogen-bond acceptors (Lipinski definition) is 2. The number of rotatable bonds is 5. The first-order valence-corrected chi connectivity index (χ1v) is 9.47. The van der Waals surface area contributed by atoms with Crippen LogP contribution in [0.3, 0.4) is 0 Å². The van der Waals surface area contributed by atoms with Crippen LogP contribution in [0.5, 0.6) is 0 Å². The molecule has 1 aromatic rings. The van der Waals surface area contributed by atoms with Crippen molar-refractivity contribution >= 4 is 40.9 Å². The molecule has 1 aromatic carbocycles. The van der Waals surface area contributed by atoms with Crippen LogP contribution in [0.25, 0.3) is 0 Å². The van der Waals surface area contributed by atoms with E-state index >= 15 is 0 Å². The number of carbonyl (C=O) groups is 1. The van der Waals surface area contributed by atoms with Gasteiger partial charge in [0.25, 0.3) is 5.91 Å². The minimum atomic E-state index is -0.0882. The normalized spacial score (nSPS) is 22.0. The predicted molar refractivity (Wildman–Crippen MR) is 91.7 cm³/mol. The molecular formula is C16H21Cl2NOS. The average molecular weight is 346 g/mol. The fourth-order valence-corrected chi connectivity index (χ4v) is 3.93. The van der Waals surface area contributed by atoms with E-state index in [9.17, 15) is 4.79 Å². The summed E-state index contributed by atoms with van der Waals surface area (Å²) in [5, 5.41) is 3.54. The van der Waals surface area contributed by atoms with E-state index in [1.807, 2.05) is 18.4 Å². The van der Waals surface area contributed by atoms with Crippen molar-refractivity contribution in [3.8, 4) is 0 Å². The maximum atomic E-state index is 12.3. The van der Waals surface area contributed by atoms with Gasteiger partial charge in [0.2, 0.25) is 0 Å². The Balaban J connectivity index is 1.98. The molecule has 1 saturated carbocycles. The third-order valence-electron chi connectivity index (χ3n) is 4.21. The van der Waals surface area contributed by atoms with Crippen molar-refractivity contribution in [2.24, 2.45) is 11.8 Å². The molecule has 2 rings (SSSR count). The number of benzene rings is 1. The van der Waals surface area contributed by atoms with Crippen LogP contribution in [0.1, 0.15) is 36.0 Å². The second-order valence-corrected chi connectivity index (χ2v) is 7.11. The third kappa shape index (κ3) is 4.54. The first kappa shape index (κ1) is 17.0. The highest BCUT2D eigenvalue weighted by Crippen LogP contribution is 2.30. The monoisotopic (exact) mass is 345 g/mol. The molecular weight excluding hydrogens is 325 g/mol. The first-order chi connectivity index (χ1) is 10.2. The van der Waals surface area contributed by atoms with Crippen molar-refractivity contribution in [1.82, 2.24) is 5.32 Å². The van der Waals surface area contributed by atoms with Gasteiger partial charge in [-0.2, -0.15) is 0 Å². The summed E-state index contributed by atoms with van der Waals surface area (Å²) in [5.41, 5.74) is 0.557. The second kappa shape index (κ2) is 8.30. The van der Waals surface area contributed by atoms with Gasteiger partial charge in [-0.05, 0) is 49.1 Å². The van der Waals surface area contributed by atoms with Crippen molar-refractivity contribution in [3.05, 3.63) is 28.8 Å². The molecule has 0 saturated heterocycles. The number of thioether (sulfide) groups is 1. The highest BCUT2D eigenvalue weighted by Gasteiger charge is 2.25. The highest BCUT2D eigenvalue weighted by molar-refractivity contribution is 7.98. The lowest BCUT2D eigenvalue weighted by molar-refractivity contribution is 0.0936. The lowest BCUT2D eigenvalue weighted by Gasteiger charge is -2.30. The number of halogens is 2. The summed E-state index contributed by atoms with van der Waals surface area (Å²) in [6, 6.07) is 5.56. The summed E-state index contributed by atoms with van der Waals surface area (Å²) < 4.78 is 0. The molecule has 1 N–H and O–H groups in total. The van der Waals surface area contributed by atoms with E-state index < -0.39 is 0 Å². The van der Waals surface area contributed by atoms with Crippen LogP contribution < -0.4 is 5.32 Å². The van der Waals surface area contributed by atoms with Crippen molar-refractivity contribution < 1.29 is 4.79 Å². The molecule has 2 unspecified atom stereocenters. The Morgan fingerprint density at radius 2 is 2.05 bits per heavy atom. The van der Waals surface area contributed by atoms with Crippen LogP contribution in [0.2, 0.25) is 5.02 Å². The molecule has 1 amide bonds. The van der Waals surface area contributed by atoms with Gasteiger partial charge in [0, 0.05) is 17.3 Å². The maximum Gasteiger partial charge on any atom is 0.252 e. The van der Waals surface area contributed by atoms with Gasteiger partial charge in [-0.3, -0.25) is 4.79 Å². The zero-order valence-electron chi connectivity index (χ0n) is 12.2. The van der Waals surface area contributed by atoms with Gasteiger partial charge in [-0.15, -0.1) is 23.4 Å². The molecule has 0 bridgehead atoms. The van der Waals surface area contributed by atoms with Crippen LogP contribution in [0, 0.1) is 11.8 Å². The fraction of sp³-hybridized carbons (Fsp3) is 0.562. The fourth-order valence-electron chi connectivity index (χ4n) is 2.88. The summed E-state index contributed by atoms with van der Waals surface area (Å²) in [6.07, 6.45) is 6.79. The Morgan fingerprint density at radius 3 is 2.71 bits per heavy atom. The quantitative estimate of drug-likeness (QED) is 0.611. The minimum absolute atomic E-state index is 0.0882. The predicted octanol–water partition coefficient (Wildman–Crippen LogP) is 4.84. The number of hydrogen-bond donors (Lipinski definition) is 1. The molecule has 1 aliphatic carbocycles. The SMILES string of the molecule is CSc1ccc(Cl)c(C(=O)NCC2CCCCC2CCl)c1. The lowest BCUT2D eigenvalue weighted by Crippen LogP contribution is -2.35. The van der Waals surface area contributed by atoms with Crippen molar-refractivity contribution in [2.45, 2.75) is 30.6 Å². The molecule has 0 aliphatic heterocycles. The van der Waals surface area contributed by atoms with Gasteiger partial charge >= 0.3 is 0 Å². The lowest BCUT2D eigenvalue weighted by atomic mass is 9.80. The Labute approximate surface area is 141 Å². The van der Waals surface area contributed by atoms with Crippen molar-refractivity contribution in [3.63, 3.8) is 0 Å². The number of amides is 1. The van der Waals surface area contributed by atoms with E-state index in [4.69, 9.17) is 23.2 Å². The standard InChI is InChI=1S/C16H21Cl2NOS/c1-21-13-6-7-15(18)14(8-13)16(20)19-10-12-5-3-2-4-11(12)9-17/h6-8,11-12H,2-5,9-10H2,1H3,(H,19,20). The van der Waals surface area contributed by atoms with Gasteiger partial charge < -0.3 is 5.32 Å². The Hall–Kier alpha value is -0.380. The third-order valence-corrected chi connectivity index (χ3v) is 5.66. The van der Waals surface area contributed by atoms with Gasteiger partial charge in [-0.1, -0.05) is 24.4 Å². The molecule has 2 nitrogen and oxygen atoms in total. The molecule has 21 heavy (non-hydrogen) atoms. The molecule has 0 aromatic heterocycles. The second-order valence-electron chi connectivity index (χ2n) is 5.51. The topological polar surface area (TPSA) is 29.1 Å². The minimum Gasteiger partial charge on any atom is -0.352 e. The van der Waals surface area contributed by atoms with Crippen LogP contribution in [0.15, 0.2) is 23.1 Å². The molecule has 0 spiro atoms. The van der Waals surface area contributed by atoms with Gasteiger partial charge in [0.15, 0.2) is 0 Å². The van der Waals surface area contributed by atoms with E-state index in [-0.39, 0.29) is 5.91 Å². The van der Waals surface area contributed by atoms with E-state index in [1.165, 1.54) is 19.3 Å². The zero-order valence-corrected chi connectivity index (χ0v) is 14.5. The van der Waals surface area contributed by atoms with Gasteiger partial charge in [0.1, 0.15) is 0 Å². The van der Waals surface area contributed by atoms with E-state index in [1.54, 1.807) is 17.8 Å². The summed E-state index contributed by atoms with van der Waals surface area (Å²) in [6.45, 7) is 0.691. The van der Waals surface area contributed by atoms with Gasteiger partial charge in [-0.25, -0.2) is 0 Å². The molecule has 2 atom stereocenters. The largest absolute Gasteiger partial charge is 0.352 e. The average Bonchev–Trinajstić information content (AvgIpc) is 2.53. The van der Waals surface area contributed by atoms with E-state index in [2.05, 4.69) is 5.32 Å². The van der Waals surface area contributed by atoms with Crippen LogP contribution in [-0.4, -0.2) is 24.6 Å². The molecule has 0 radical (unpaired) electrons. The van der Waals surface area contributed by atoms with Crippen LogP contribution in [0.4, 0.5) is 0 Å². The number of carbonyl (C=O) groups excluding carboxylic acids is 1. The molecule has 116 valence electrons. The molecule has 0 heterocycles. The summed E-state index contributed by atoms with van der Waals surface area (Å²) in [4.78, 5) is 13.4. The van der Waals surface area contributed by atoms with Crippen LogP contribution >= 0.6 is 35.0 Å². The van der Waals surface area contributed by atoms with Crippen molar-refractivity contribution in [2.75, 3.05) is 18.7 Å². The maximum absolute atomic E-state index is 12.3. The van der Waals surface area contributed by atoms with Crippen molar-refractivity contribution in [1.29, 1.82) is 0 Å². The first-order valence-electron chi connectivity index (χ1n) is 7.33. The van der Waals surface area contributed by atoms with Crippen LogP contribution in [-0.2, 0) is 0 Å². The Morgan fingerprint density at radius 1 is 1.33 bits per heavy atom. The summed E-state index contributed by atoms with van der Waals surface area (Å²) in [7, 11) is 0. The molecule has 1 fully saturated rings. The van der Waals surface area contributed by atoms with Gasteiger partial charge in [0.05, 0.1) is 10.6 Å². The number of nitrogens with one attached hydrogen (secondary N) is 1. The van der Waals surface area contributed by atoms with E-state index in [0.717, 1.165) is 11.3 Å².